The van der Waals surface area contributed by atoms with E-state index >= 15 is 0 Å². The second-order valence-electron chi connectivity index (χ2n) is 8.66. The Kier molecular flexibility index (Phi) is 7.26. The van der Waals surface area contributed by atoms with Crippen LogP contribution in [0.4, 0.5) is 0 Å². The largest absolute Gasteiger partial charge is 0.491 e. The summed E-state index contributed by atoms with van der Waals surface area (Å²) in [4.78, 5) is 18.8. The molecule has 1 aliphatic heterocycles. The second kappa shape index (κ2) is 10.6. The highest BCUT2D eigenvalue weighted by atomic mass is 35.5. The van der Waals surface area contributed by atoms with Crippen molar-refractivity contribution in [2.75, 3.05) is 33.4 Å². The van der Waals surface area contributed by atoms with Crippen molar-refractivity contribution in [2.24, 2.45) is 5.73 Å². The van der Waals surface area contributed by atoms with E-state index in [2.05, 4.69) is 9.97 Å². The molecule has 198 valence electrons. The maximum Gasteiger partial charge on any atom is 0.266 e. The molecule has 0 bridgehead atoms. The van der Waals surface area contributed by atoms with Gasteiger partial charge in [0.1, 0.15) is 29.0 Å². The number of halogens is 1. The molecule has 3 heterocycles. The van der Waals surface area contributed by atoms with Crippen LogP contribution in [0.5, 0.6) is 11.6 Å². The van der Waals surface area contributed by atoms with Crippen molar-refractivity contribution in [3.05, 3.63) is 71.5 Å². The van der Waals surface area contributed by atoms with E-state index in [0.29, 0.717) is 27.6 Å². The minimum absolute atomic E-state index is 0.0443. The zero-order valence-corrected chi connectivity index (χ0v) is 22.0. The summed E-state index contributed by atoms with van der Waals surface area (Å²) in [5.74, 6) is 0.258. The van der Waals surface area contributed by atoms with Crippen LogP contribution < -0.4 is 15.2 Å². The van der Waals surface area contributed by atoms with E-state index in [1.165, 1.54) is 10.4 Å². The summed E-state index contributed by atoms with van der Waals surface area (Å²) in [6.45, 7) is 0.471. The summed E-state index contributed by atoms with van der Waals surface area (Å²) in [5.41, 5.74) is 7.68. The summed E-state index contributed by atoms with van der Waals surface area (Å²) in [7, 11) is -2.54. The Bertz CT molecular complexity index is 1590. The Hall–Kier alpha value is -3.64. The van der Waals surface area contributed by atoms with Gasteiger partial charge in [0.15, 0.2) is 0 Å². The molecule has 0 radical (unpaired) electrons. The van der Waals surface area contributed by atoms with Gasteiger partial charge in [-0.3, -0.25) is 4.79 Å². The molecule has 1 atom stereocenters. The molecular formula is C26H25ClN4O6S. The second-order valence-corrected chi connectivity index (χ2v) is 11.0. The van der Waals surface area contributed by atoms with Crippen molar-refractivity contribution in [3.8, 4) is 22.8 Å². The number of methoxy groups -OCH3 is 1. The van der Waals surface area contributed by atoms with Crippen LogP contribution in [0.25, 0.3) is 22.0 Å². The van der Waals surface area contributed by atoms with Gasteiger partial charge in [0.25, 0.3) is 5.91 Å². The Morgan fingerprint density at radius 3 is 2.71 bits per heavy atom. The first-order chi connectivity index (χ1) is 18.3. The van der Waals surface area contributed by atoms with Crippen molar-refractivity contribution in [3.63, 3.8) is 0 Å². The fourth-order valence-electron chi connectivity index (χ4n) is 4.35. The van der Waals surface area contributed by atoms with E-state index in [0.717, 1.165) is 11.1 Å². The van der Waals surface area contributed by atoms with Crippen LogP contribution in [0, 0.1) is 0 Å². The van der Waals surface area contributed by atoms with E-state index in [9.17, 15) is 13.2 Å². The molecule has 3 N–H and O–H groups in total. The van der Waals surface area contributed by atoms with Crippen molar-refractivity contribution in [2.45, 2.75) is 11.0 Å². The summed E-state index contributed by atoms with van der Waals surface area (Å²) >= 11 is 6.11. The number of nitrogens with two attached hydrogens (primary N) is 1. The molecule has 4 aromatic rings. The average molecular weight is 557 g/mol. The fraction of sp³-hybridized carbons (Fsp3) is 0.231. The summed E-state index contributed by atoms with van der Waals surface area (Å²) < 4.78 is 45.5. The molecule has 1 saturated heterocycles. The molecule has 12 heteroatoms. The maximum atomic E-state index is 13.7. The van der Waals surface area contributed by atoms with Crippen LogP contribution in [0.1, 0.15) is 10.5 Å². The molecular weight excluding hydrogens is 532 g/mol. The molecule has 0 spiro atoms. The lowest BCUT2D eigenvalue weighted by Crippen LogP contribution is -2.47. The highest BCUT2D eigenvalue weighted by Gasteiger charge is 2.36. The normalized spacial score (nSPS) is 16.4. The lowest BCUT2D eigenvalue weighted by Gasteiger charge is -2.32. The van der Waals surface area contributed by atoms with E-state index in [-0.39, 0.29) is 36.9 Å². The Labute approximate surface area is 224 Å². The van der Waals surface area contributed by atoms with Gasteiger partial charge in [0, 0.05) is 41.3 Å². The number of benzene rings is 2. The van der Waals surface area contributed by atoms with Gasteiger partial charge in [-0.25, -0.2) is 13.4 Å². The minimum atomic E-state index is -4.10. The maximum absolute atomic E-state index is 13.7. The third-order valence-corrected chi connectivity index (χ3v) is 8.41. The first-order valence-corrected chi connectivity index (χ1v) is 13.5. The lowest BCUT2D eigenvalue weighted by molar-refractivity contribution is -0.0249. The van der Waals surface area contributed by atoms with Crippen molar-refractivity contribution < 1.29 is 27.4 Å². The van der Waals surface area contributed by atoms with Crippen LogP contribution in [-0.4, -0.2) is 68.1 Å². The van der Waals surface area contributed by atoms with Gasteiger partial charge in [-0.2, -0.15) is 4.31 Å². The fourth-order valence-corrected chi connectivity index (χ4v) is 6.32. The smallest absolute Gasteiger partial charge is 0.266 e. The predicted molar refractivity (Wildman–Crippen MR) is 142 cm³/mol. The Morgan fingerprint density at radius 1 is 1.18 bits per heavy atom. The number of primary amides is 1. The SMILES string of the molecule is COc1cc(-c2ccc(OCC3CN(S(=O)(=O)c4c(C(N)=O)[nH]c5ccc(Cl)cc45)CCO3)cc2)ccn1. The minimum Gasteiger partial charge on any atom is -0.491 e. The molecule has 0 aliphatic carbocycles. The van der Waals surface area contributed by atoms with Gasteiger partial charge in [-0.15, -0.1) is 0 Å². The zero-order valence-electron chi connectivity index (χ0n) is 20.4. The number of amides is 1. The Balaban J connectivity index is 1.30. The molecule has 1 unspecified atom stereocenters. The highest BCUT2D eigenvalue weighted by Crippen LogP contribution is 2.32. The molecule has 2 aromatic carbocycles. The molecule has 1 aliphatic rings. The molecule has 38 heavy (non-hydrogen) atoms. The molecule has 1 amide bonds. The molecule has 1 fully saturated rings. The Morgan fingerprint density at radius 2 is 1.97 bits per heavy atom. The zero-order chi connectivity index (χ0) is 26.9. The van der Waals surface area contributed by atoms with Gasteiger partial charge in [-0.1, -0.05) is 23.7 Å². The molecule has 2 aromatic heterocycles. The number of hydrogen-bond acceptors (Lipinski definition) is 7. The summed E-state index contributed by atoms with van der Waals surface area (Å²) in [5, 5.41) is 0.642. The third kappa shape index (κ3) is 5.18. The number of hydrogen-bond donors (Lipinski definition) is 2. The topological polar surface area (TPSA) is 137 Å². The average Bonchev–Trinajstić information content (AvgIpc) is 3.32. The van der Waals surface area contributed by atoms with Crippen LogP contribution in [0.3, 0.4) is 0 Å². The highest BCUT2D eigenvalue weighted by molar-refractivity contribution is 7.89. The van der Waals surface area contributed by atoms with Crippen LogP contribution in [0.2, 0.25) is 5.02 Å². The van der Waals surface area contributed by atoms with Gasteiger partial charge in [0.2, 0.25) is 15.9 Å². The number of nitrogens with one attached hydrogen (secondary N) is 1. The van der Waals surface area contributed by atoms with E-state index in [1.54, 1.807) is 25.4 Å². The first kappa shape index (κ1) is 26.0. The van der Waals surface area contributed by atoms with Gasteiger partial charge >= 0.3 is 0 Å². The number of nitrogens with zero attached hydrogens (tertiary/aromatic N) is 2. The number of sulfonamides is 1. The first-order valence-electron chi connectivity index (χ1n) is 11.7. The third-order valence-electron chi connectivity index (χ3n) is 6.23. The summed E-state index contributed by atoms with van der Waals surface area (Å²) in [6.07, 6.45) is 1.16. The number of rotatable bonds is 8. The van der Waals surface area contributed by atoms with Gasteiger partial charge in [0.05, 0.1) is 13.7 Å². The quantitative estimate of drug-likeness (QED) is 0.339. The van der Waals surface area contributed by atoms with Gasteiger partial charge < -0.3 is 24.9 Å². The van der Waals surface area contributed by atoms with Crippen molar-refractivity contribution in [1.82, 2.24) is 14.3 Å². The molecule has 0 saturated carbocycles. The number of carbonyl (C=O) groups excluding carboxylic acids is 1. The number of pyridine rings is 1. The van der Waals surface area contributed by atoms with Crippen LogP contribution >= 0.6 is 11.6 Å². The lowest BCUT2D eigenvalue weighted by atomic mass is 10.1. The van der Waals surface area contributed by atoms with Crippen LogP contribution in [0.15, 0.2) is 65.7 Å². The monoisotopic (exact) mass is 556 g/mol. The number of aromatic nitrogens is 2. The van der Waals surface area contributed by atoms with Crippen molar-refractivity contribution in [1.29, 1.82) is 0 Å². The van der Waals surface area contributed by atoms with E-state index in [4.69, 9.17) is 31.5 Å². The number of morpholine rings is 1. The van der Waals surface area contributed by atoms with E-state index in [1.807, 2.05) is 36.4 Å². The number of H-pyrrole nitrogens is 1. The van der Waals surface area contributed by atoms with Crippen molar-refractivity contribution >= 4 is 38.4 Å². The number of aromatic amines is 1. The van der Waals surface area contributed by atoms with E-state index < -0.39 is 22.0 Å². The number of carbonyl (C=O) groups is 1. The predicted octanol–water partition coefficient (Wildman–Crippen LogP) is 3.46. The summed E-state index contributed by atoms with van der Waals surface area (Å²) in [6, 6.07) is 15.9. The molecule has 5 rings (SSSR count). The van der Waals surface area contributed by atoms with Gasteiger partial charge in [-0.05, 0) is 47.5 Å². The number of ether oxygens (including phenoxy) is 3. The number of fused-ring (bicyclic) bond motifs is 1. The standard InChI is InChI=1S/C26H25ClN4O6S/c1-35-23-12-17(8-9-29-23)16-2-5-19(6-3-16)37-15-20-14-31(10-11-36-20)38(33,34)25-21-13-18(27)4-7-22(21)30-24(25)26(28)32/h2-9,12-13,20,30H,10-11,14-15H2,1H3,(H2,28,32). The van der Waals surface area contributed by atoms with Crippen LogP contribution in [-0.2, 0) is 14.8 Å². The molecule has 10 nitrogen and oxygen atoms in total.